The molecule has 0 aliphatic heterocycles. The molecule has 1 aromatic rings. The van der Waals surface area contributed by atoms with Crippen LogP contribution in [0.3, 0.4) is 0 Å². The summed E-state index contributed by atoms with van der Waals surface area (Å²) in [5.74, 6) is 0.692. The summed E-state index contributed by atoms with van der Waals surface area (Å²) in [4.78, 5) is 17.3. The third kappa shape index (κ3) is 2.85. The van der Waals surface area contributed by atoms with Gasteiger partial charge >= 0.3 is 0 Å². The molecule has 1 amide bonds. The van der Waals surface area contributed by atoms with Gasteiger partial charge in [0.15, 0.2) is 0 Å². The standard InChI is InChI=1S/C11H18N4O/c1-7(2)6-15(3)10-4-8(11(13)16)9(12)5-14-10/h4-5,7H,6,12H2,1-3H3,(H2,13,16). The Bertz CT molecular complexity index is 390. The summed E-state index contributed by atoms with van der Waals surface area (Å²) < 4.78 is 0. The molecular weight excluding hydrogens is 204 g/mol. The molecule has 5 nitrogen and oxygen atoms in total. The fourth-order valence-corrected chi connectivity index (χ4v) is 1.52. The summed E-state index contributed by atoms with van der Waals surface area (Å²) in [7, 11) is 1.92. The van der Waals surface area contributed by atoms with Crippen LogP contribution in [0.1, 0.15) is 24.2 Å². The molecule has 1 rings (SSSR count). The van der Waals surface area contributed by atoms with Crippen LogP contribution in [0, 0.1) is 5.92 Å². The van der Waals surface area contributed by atoms with Gasteiger partial charge in [0.05, 0.1) is 17.4 Å². The minimum absolute atomic E-state index is 0.314. The maximum absolute atomic E-state index is 11.1. The molecule has 0 atom stereocenters. The molecule has 5 heteroatoms. The highest BCUT2D eigenvalue weighted by Crippen LogP contribution is 2.17. The molecule has 0 aliphatic rings. The van der Waals surface area contributed by atoms with E-state index in [0.717, 1.165) is 6.54 Å². The molecular formula is C11H18N4O. The van der Waals surface area contributed by atoms with E-state index in [1.807, 2.05) is 11.9 Å². The van der Waals surface area contributed by atoms with Crippen LogP contribution in [-0.2, 0) is 0 Å². The molecule has 4 N–H and O–H groups in total. The Morgan fingerprint density at radius 3 is 2.69 bits per heavy atom. The highest BCUT2D eigenvalue weighted by atomic mass is 16.1. The lowest BCUT2D eigenvalue weighted by molar-refractivity contribution is 0.100. The number of hydrogen-bond donors (Lipinski definition) is 2. The molecule has 0 aromatic carbocycles. The minimum Gasteiger partial charge on any atom is -0.397 e. The number of carbonyl (C=O) groups excluding carboxylic acids is 1. The van der Waals surface area contributed by atoms with Gasteiger partial charge in [0.1, 0.15) is 5.82 Å². The third-order valence-corrected chi connectivity index (χ3v) is 2.22. The predicted molar refractivity (Wildman–Crippen MR) is 65.3 cm³/mol. The lowest BCUT2D eigenvalue weighted by Crippen LogP contribution is -2.24. The van der Waals surface area contributed by atoms with Crippen LogP contribution in [0.2, 0.25) is 0 Å². The van der Waals surface area contributed by atoms with Gasteiger partial charge in [-0.25, -0.2) is 4.98 Å². The molecule has 0 spiro atoms. The van der Waals surface area contributed by atoms with E-state index < -0.39 is 5.91 Å². The number of nitrogens with zero attached hydrogens (tertiary/aromatic N) is 2. The first-order chi connectivity index (χ1) is 7.41. The number of nitrogen functional groups attached to an aromatic ring is 1. The van der Waals surface area contributed by atoms with Crippen LogP contribution in [0.25, 0.3) is 0 Å². The molecule has 0 fully saturated rings. The highest BCUT2D eigenvalue weighted by Gasteiger charge is 2.11. The second-order valence-corrected chi connectivity index (χ2v) is 4.27. The van der Waals surface area contributed by atoms with Gasteiger partial charge in [0.2, 0.25) is 0 Å². The van der Waals surface area contributed by atoms with Crippen molar-refractivity contribution in [1.82, 2.24) is 4.98 Å². The Hall–Kier alpha value is -1.78. The van der Waals surface area contributed by atoms with Crippen LogP contribution in [0.15, 0.2) is 12.3 Å². The van der Waals surface area contributed by atoms with Crippen molar-refractivity contribution in [2.24, 2.45) is 11.7 Å². The maximum atomic E-state index is 11.1. The number of pyridine rings is 1. The quantitative estimate of drug-likeness (QED) is 0.791. The number of primary amides is 1. The van der Waals surface area contributed by atoms with Gasteiger partial charge in [0.25, 0.3) is 5.91 Å². The second-order valence-electron chi connectivity index (χ2n) is 4.27. The van der Waals surface area contributed by atoms with Gasteiger partial charge in [-0.3, -0.25) is 4.79 Å². The number of rotatable bonds is 4. The molecule has 0 bridgehead atoms. The van der Waals surface area contributed by atoms with E-state index in [1.54, 1.807) is 6.07 Å². The Balaban J connectivity index is 2.98. The van der Waals surface area contributed by atoms with Crippen molar-refractivity contribution in [1.29, 1.82) is 0 Å². The van der Waals surface area contributed by atoms with Crippen molar-refractivity contribution >= 4 is 17.4 Å². The number of amides is 1. The van der Waals surface area contributed by atoms with Crippen molar-refractivity contribution in [3.63, 3.8) is 0 Å². The van der Waals surface area contributed by atoms with Crippen molar-refractivity contribution in [2.75, 3.05) is 24.2 Å². The van der Waals surface area contributed by atoms with Gasteiger partial charge in [-0.2, -0.15) is 0 Å². The second kappa shape index (κ2) is 4.83. The Kier molecular flexibility index (Phi) is 3.71. The van der Waals surface area contributed by atoms with E-state index in [-0.39, 0.29) is 0 Å². The predicted octanol–water partition coefficient (Wildman–Crippen LogP) is 0.855. The Morgan fingerprint density at radius 1 is 1.56 bits per heavy atom. The maximum Gasteiger partial charge on any atom is 0.250 e. The molecule has 0 radical (unpaired) electrons. The lowest BCUT2D eigenvalue weighted by atomic mass is 10.2. The topological polar surface area (TPSA) is 85.2 Å². The fourth-order valence-electron chi connectivity index (χ4n) is 1.52. The van der Waals surface area contributed by atoms with E-state index in [0.29, 0.717) is 23.0 Å². The molecule has 0 aliphatic carbocycles. The molecule has 0 saturated carbocycles. The Labute approximate surface area is 95.4 Å². The highest BCUT2D eigenvalue weighted by molar-refractivity contribution is 5.98. The zero-order valence-corrected chi connectivity index (χ0v) is 9.90. The van der Waals surface area contributed by atoms with Gasteiger partial charge in [-0.1, -0.05) is 13.8 Å². The van der Waals surface area contributed by atoms with Crippen LogP contribution < -0.4 is 16.4 Å². The minimum atomic E-state index is -0.529. The summed E-state index contributed by atoms with van der Waals surface area (Å²) in [6, 6.07) is 1.63. The van der Waals surface area contributed by atoms with E-state index in [1.165, 1.54) is 6.20 Å². The zero-order chi connectivity index (χ0) is 12.3. The van der Waals surface area contributed by atoms with Crippen molar-refractivity contribution in [3.8, 4) is 0 Å². The van der Waals surface area contributed by atoms with Crippen molar-refractivity contribution in [2.45, 2.75) is 13.8 Å². The van der Waals surface area contributed by atoms with Crippen molar-refractivity contribution < 1.29 is 4.79 Å². The zero-order valence-electron chi connectivity index (χ0n) is 9.90. The average molecular weight is 222 g/mol. The number of aromatic nitrogens is 1. The Morgan fingerprint density at radius 2 is 2.19 bits per heavy atom. The number of nitrogens with two attached hydrogens (primary N) is 2. The number of carbonyl (C=O) groups is 1. The molecule has 88 valence electrons. The number of hydrogen-bond acceptors (Lipinski definition) is 4. The summed E-state index contributed by atoms with van der Waals surface area (Å²) in [5.41, 5.74) is 11.5. The molecule has 1 aromatic heterocycles. The smallest absolute Gasteiger partial charge is 0.250 e. The van der Waals surface area contributed by atoms with Gasteiger partial charge in [-0.15, -0.1) is 0 Å². The number of anilines is 2. The van der Waals surface area contributed by atoms with E-state index in [4.69, 9.17) is 11.5 Å². The van der Waals surface area contributed by atoms with E-state index >= 15 is 0 Å². The normalized spacial score (nSPS) is 10.5. The van der Waals surface area contributed by atoms with Crippen molar-refractivity contribution in [3.05, 3.63) is 17.8 Å². The van der Waals surface area contributed by atoms with Gasteiger partial charge < -0.3 is 16.4 Å². The molecule has 0 saturated heterocycles. The summed E-state index contributed by atoms with van der Waals surface area (Å²) >= 11 is 0. The summed E-state index contributed by atoms with van der Waals surface area (Å²) in [6.45, 7) is 5.08. The first-order valence-electron chi connectivity index (χ1n) is 5.18. The van der Waals surface area contributed by atoms with Gasteiger partial charge in [-0.05, 0) is 12.0 Å². The van der Waals surface area contributed by atoms with Crippen LogP contribution in [0.5, 0.6) is 0 Å². The van der Waals surface area contributed by atoms with E-state index in [2.05, 4.69) is 18.8 Å². The van der Waals surface area contributed by atoms with Crippen LogP contribution >= 0.6 is 0 Å². The summed E-state index contributed by atoms with van der Waals surface area (Å²) in [5, 5.41) is 0. The van der Waals surface area contributed by atoms with E-state index in [9.17, 15) is 4.79 Å². The van der Waals surface area contributed by atoms with Crippen LogP contribution in [0.4, 0.5) is 11.5 Å². The van der Waals surface area contributed by atoms with Crippen LogP contribution in [-0.4, -0.2) is 24.5 Å². The average Bonchev–Trinajstić information content (AvgIpc) is 2.16. The third-order valence-electron chi connectivity index (χ3n) is 2.22. The molecule has 0 unspecified atom stereocenters. The lowest BCUT2D eigenvalue weighted by Gasteiger charge is -2.20. The summed E-state index contributed by atoms with van der Waals surface area (Å²) in [6.07, 6.45) is 1.46. The molecule has 16 heavy (non-hydrogen) atoms. The van der Waals surface area contributed by atoms with Gasteiger partial charge in [0, 0.05) is 13.6 Å². The SMILES string of the molecule is CC(C)CN(C)c1cc(C(N)=O)c(N)cn1. The largest absolute Gasteiger partial charge is 0.397 e. The first-order valence-corrected chi connectivity index (χ1v) is 5.18. The monoisotopic (exact) mass is 222 g/mol. The first kappa shape index (κ1) is 12.3. The fraction of sp³-hybridized carbons (Fsp3) is 0.455. The molecule has 1 heterocycles.